The van der Waals surface area contributed by atoms with Crippen molar-refractivity contribution in [2.75, 3.05) is 13.2 Å². The number of hydrogen-bond acceptors (Lipinski definition) is 5. The number of aliphatic hydroxyl groups excluding tert-OH is 1. The lowest BCUT2D eigenvalue weighted by Gasteiger charge is -2.15. The van der Waals surface area contributed by atoms with Gasteiger partial charge in [0, 0.05) is 12.8 Å². The normalized spacial score (nSPS) is 12.9. The Balaban J connectivity index is 3.52. The fourth-order valence-corrected chi connectivity index (χ4v) is 5.77. The second-order valence-corrected chi connectivity index (χ2v) is 14.1. The zero-order valence-electron chi connectivity index (χ0n) is 30.0. The van der Waals surface area contributed by atoms with E-state index in [1.165, 1.54) is 128 Å². The van der Waals surface area contributed by atoms with Gasteiger partial charge in [0.1, 0.15) is 6.61 Å². The highest BCUT2D eigenvalue weighted by Crippen LogP contribution is 2.17. The Bertz CT molecular complexity index is 620. The largest absolute Gasteiger partial charge is 0.462 e. The van der Waals surface area contributed by atoms with Crippen LogP contribution in [0.4, 0.5) is 0 Å². The molecule has 0 spiro atoms. The molecule has 0 saturated heterocycles. The first-order valence-electron chi connectivity index (χ1n) is 19.3. The van der Waals surface area contributed by atoms with Crippen LogP contribution in [0, 0.1) is 11.8 Å². The van der Waals surface area contributed by atoms with Crippen LogP contribution in [0.1, 0.15) is 207 Å². The van der Waals surface area contributed by atoms with E-state index in [1.54, 1.807) is 0 Å². The Hall–Kier alpha value is -1.10. The molecule has 0 aliphatic carbocycles. The highest BCUT2D eigenvalue weighted by Gasteiger charge is 2.16. The molecule has 0 aromatic heterocycles. The van der Waals surface area contributed by atoms with E-state index in [4.69, 9.17) is 9.47 Å². The number of aliphatic hydroxyl groups is 1. The van der Waals surface area contributed by atoms with Crippen LogP contribution in [0.2, 0.25) is 0 Å². The summed E-state index contributed by atoms with van der Waals surface area (Å²) in [5.74, 6) is 1.15. The zero-order valence-corrected chi connectivity index (χ0v) is 30.0. The van der Waals surface area contributed by atoms with Gasteiger partial charge in [0.05, 0.1) is 6.61 Å². The number of esters is 2. The predicted molar refractivity (Wildman–Crippen MR) is 187 cm³/mol. The molecule has 0 bridgehead atoms. The molecule has 0 rings (SSSR count). The highest BCUT2D eigenvalue weighted by molar-refractivity contribution is 5.70. The second-order valence-electron chi connectivity index (χ2n) is 14.1. The van der Waals surface area contributed by atoms with Crippen molar-refractivity contribution in [2.24, 2.45) is 11.8 Å². The first kappa shape index (κ1) is 42.9. The van der Waals surface area contributed by atoms with Gasteiger partial charge in [-0.3, -0.25) is 9.59 Å². The summed E-state index contributed by atoms with van der Waals surface area (Å²) in [5, 5.41) is 9.54. The smallest absolute Gasteiger partial charge is 0.306 e. The maximum Gasteiger partial charge on any atom is 0.306 e. The summed E-state index contributed by atoms with van der Waals surface area (Å²) >= 11 is 0. The third-order valence-electron chi connectivity index (χ3n) is 9.12. The third-order valence-corrected chi connectivity index (χ3v) is 9.12. The molecule has 5 heteroatoms. The minimum absolute atomic E-state index is 0.0590. The van der Waals surface area contributed by atoms with E-state index in [-0.39, 0.29) is 25.2 Å². The van der Waals surface area contributed by atoms with E-state index >= 15 is 0 Å². The zero-order chi connectivity index (χ0) is 32.5. The summed E-state index contributed by atoms with van der Waals surface area (Å²) in [4.78, 5) is 24.2. The summed E-state index contributed by atoms with van der Waals surface area (Å²) in [7, 11) is 0. The molecule has 0 fully saturated rings. The van der Waals surface area contributed by atoms with Crippen LogP contribution < -0.4 is 0 Å². The lowest BCUT2D eigenvalue weighted by molar-refractivity contribution is -0.161. The summed E-state index contributed by atoms with van der Waals surface area (Å²) in [6, 6.07) is 0. The number of hydrogen-bond donors (Lipinski definition) is 1. The standard InChI is InChI=1S/C39H76O5/c1-5-36(4)30-26-22-18-14-11-12-15-19-23-27-31-38(41)43-34-37(33-40)44-39(42)32-28-24-20-16-10-8-6-7-9-13-17-21-25-29-35(2)3/h35-37,40H,5-34H2,1-4H3/t36?,37-/m0/s1. The molecule has 44 heavy (non-hydrogen) atoms. The third kappa shape index (κ3) is 32.3. The highest BCUT2D eigenvalue weighted by atomic mass is 16.6. The molecule has 5 nitrogen and oxygen atoms in total. The monoisotopic (exact) mass is 625 g/mol. The van der Waals surface area contributed by atoms with Crippen molar-refractivity contribution in [1.82, 2.24) is 0 Å². The number of unbranched alkanes of at least 4 members (excludes halogenated alkanes) is 21. The van der Waals surface area contributed by atoms with Crippen molar-refractivity contribution in [1.29, 1.82) is 0 Å². The van der Waals surface area contributed by atoms with Gasteiger partial charge in [-0.1, -0.05) is 182 Å². The first-order chi connectivity index (χ1) is 21.4. The molecular formula is C39H76O5. The molecule has 0 aliphatic heterocycles. The molecule has 0 heterocycles. The van der Waals surface area contributed by atoms with Gasteiger partial charge >= 0.3 is 11.9 Å². The molecular weight excluding hydrogens is 548 g/mol. The lowest BCUT2D eigenvalue weighted by Crippen LogP contribution is -2.28. The minimum Gasteiger partial charge on any atom is -0.462 e. The number of carbonyl (C=O) groups excluding carboxylic acids is 2. The van der Waals surface area contributed by atoms with Crippen molar-refractivity contribution < 1.29 is 24.2 Å². The fraction of sp³-hybridized carbons (Fsp3) is 0.949. The maximum absolute atomic E-state index is 12.2. The molecule has 0 aliphatic rings. The van der Waals surface area contributed by atoms with Crippen molar-refractivity contribution >= 4 is 11.9 Å². The Morgan fingerprint density at radius 3 is 1.27 bits per heavy atom. The van der Waals surface area contributed by atoms with Crippen LogP contribution >= 0.6 is 0 Å². The summed E-state index contributed by atoms with van der Waals surface area (Å²) < 4.78 is 10.6. The van der Waals surface area contributed by atoms with Gasteiger partial charge in [0.2, 0.25) is 0 Å². The van der Waals surface area contributed by atoms with Gasteiger partial charge in [-0.15, -0.1) is 0 Å². The van der Waals surface area contributed by atoms with Crippen LogP contribution in [0.3, 0.4) is 0 Å². The van der Waals surface area contributed by atoms with Crippen molar-refractivity contribution in [3.8, 4) is 0 Å². The van der Waals surface area contributed by atoms with Crippen LogP contribution in [0.25, 0.3) is 0 Å². The Kier molecular flexibility index (Phi) is 32.4. The summed E-state index contributed by atoms with van der Waals surface area (Å²) in [6.07, 6.45) is 33.0. The number of carbonyl (C=O) groups is 2. The molecule has 0 amide bonds. The van der Waals surface area contributed by atoms with E-state index < -0.39 is 6.10 Å². The summed E-state index contributed by atoms with van der Waals surface area (Å²) in [6.45, 7) is 8.87. The number of rotatable bonds is 34. The SMILES string of the molecule is CCC(C)CCCCCCCCCCCCC(=O)OC[C@H](CO)OC(=O)CCCCCCCCCCCCCCCC(C)C. The summed E-state index contributed by atoms with van der Waals surface area (Å²) in [5.41, 5.74) is 0. The molecule has 0 radical (unpaired) electrons. The van der Waals surface area contributed by atoms with Crippen LogP contribution in [0.15, 0.2) is 0 Å². The maximum atomic E-state index is 12.2. The van der Waals surface area contributed by atoms with Crippen molar-refractivity contribution in [2.45, 2.75) is 214 Å². The molecule has 0 saturated carbocycles. The Morgan fingerprint density at radius 1 is 0.523 bits per heavy atom. The molecule has 1 unspecified atom stereocenters. The van der Waals surface area contributed by atoms with Gasteiger partial charge in [-0.25, -0.2) is 0 Å². The topological polar surface area (TPSA) is 72.8 Å². The van der Waals surface area contributed by atoms with Crippen molar-refractivity contribution in [3.63, 3.8) is 0 Å². The van der Waals surface area contributed by atoms with E-state index in [0.29, 0.717) is 12.8 Å². The average molecular weight is 625 g/mol. The lowest BCUT2D eigenvalue weighted by atomic mass is 9.99. The predicted octanol–water partition coefficient (Wildman–Crippen LogP) is 11.7. The Morgan fingerprint density at radius 2 is 0.886 bits per heavy atom. The van der Waals surface area contributed by atoms with E-state index in [0.717, 1.165) is 50.4 Å². The fourth-order valence-electron chi connectivity index (χ4n) is 5.77. The second kappa shape index (κ2) is 33.3. The first-order valence-corrected chi connectivity index (χ1v) is 19.3. The Labute approximate surface area is 274 Å². The molecule has 0 aromatic rings. The van der Waals surface area contributed by atoms with Gasteiger partial charge < -0.3 is 14.6 Å². The quantitative estimate of drug-likeness (QED) is 0.0569. The molecule has 262 valence electrons. The van der Waals surface area contributed by atoms with Gasteiger partial charge in [0.25, 0.3) is 0 Å². The van der Waals surface area contributed by atoms with Crippen LogP contribution in [-0.4, -0.2) is 36.4 Å². The minimum atomic E-state index is -0.762. The molecule has 0 aromatic carbocycles. The van der Waals surface area contributed by atoms with Gasteiger partial charge in [-0.05, 0) is 24.7 Å². The molecule has 2 atom stereocenters. The average Bonchev–Trinajstić information content (AvgIpc) is 3.01. The van der Waals surface area contributed by atoms with Crippen LogP contribution in [-0.2, 0) is 19.1 Å². The number of ether oxygens (including phenoxy) is 2. The van der Waals surface area contributed by atoms with E-state index in [1.807, 2.05) is 0 Å². The van der Waals surface area contributed by atoms with E-state index in [2.05, 4.69) is 27.7 Å². The van der Waals surface area contributed by atoms with Gasteiger partial charge in [0.15, 0.2) is 6.10 Å². The van der Waals surface area contributed by atoms with Gasteiger partial charge in [-0.2, -0.15) is 0 Å². The molecule has 1 N–H and O–H groups in total. The van der Waals surface area contributed by atoms with E-state index in [9.17, 15) is 14.7 Å². The van der Waals surface area contributed by atoms with Crippen molar-refractivity contribution in [3.05, 3.63) is 0 Å². The van der Waals surface area contributed by atoms with Crippen LogP contribution in [0.5, 0.6) is 0 Å².